The largest absolute Gasteiger partial charge is 0.348 e. The fourth-order valence-electron chi connectivity index (χ4n) is 0.546. The van der Waals surface area contributed by atoms with Gasteiger partial charge in [0.15, 0.2) is 0 Å². The standard InChI is InChI=1S/C6H8N2.4ClH/c1-2-3-6-7-4-5-8-6;;;;/h2,4-5H,1,3H2,(H,7,8);4*1H. The smallest absolute Gasteiger partial charge is 0.109 e. The molecule has 0 aromatic carbocycles. The number of allylic oxidation sites excluding steroid dienone is 1. The van der Waals surface area contributed by atoms with Crippen LogP contribution in [0.5, 0.6) is 0 Å². The summed E-state index contributed by atoms with van der Waals surface area (Å²) in [4.78, 5) is 6.93. The van der Waals surface area contributed by atoms with E-state index >= 15 is 0 Å². The van der Waals surface area contributed by atoms with Crippen LogP contribution in [0, 0.1) is 0 Å². The molecule has 2 nitrogen and oxygen atoms in total. The highest BCUT2D eigenvalue weighted by Crippen LogP contribution is 1.88. The molecule has 0 unspecified atom stereocenters. The van der Waals surface area contributed by atoms with Crippen LogP contribution in [0.15, 0.2) is 25.0 Å². The van der Waals surface area contributed by atoms with Crippen LogP contribution in [-0.4, -0.2) is 9.97 Å². The summed E-state index contributed by atoms with van der Waals surface area (Å²) in [6.07, 6.45) is 6.18. The maximum Gasteiger partial charge on any atom is 0.109 e. The van der Waals surface area contributed by atoms with Gasteiger partial charge in [-0.25, -0.2) is 4.98 Å². The number of nitrogens with one attached hydrogen (secondary N) is 1. The lowest BCUT2D eigenvalue weighted by Gasteiger charge is -1.82. The van der Waals surface area contributed by atoms with Gasteiger partial charge in [0.05, 0.1) is 0 Å². The van der Waals surface area contributed by atoms with Crippen LogP contribution in [0.4, 0.5) is 0 Å². The summed E-state index contributed by atoms with van der Waals surface area (Å²) in [5.74, 6) is 0.972. The molecule has 0 radical (unpaired) electrons. The number of H-pyrrole nitrogens is 1. The molecule has 12 heavy (non-hydrogen) atoms. The van der Waals surface area contributed by atoms with E-state index in [1.165, 1.54) is 0 Å². The van der Waals surface area contributed by atoms with E-state index in [2.05, 4.69) is 16.5 Å². The van der Waals surface area contributed by atoms with Gasteiger partial charge in [0.25, 0.3) is 0 Å². The fraction of sp³-hybridized carbons (Fsp3) is 0.167. The summed E-state index contributed by atoms with van der Waals surface area (Å²) in [5, 5.41) is 0. The predicted octanol–water partition coefficient (Wildman–Crippen LogP) is 2.83. The van der Waals surface area contributed by atoms with Gasteiger partial charge in [-0.3, -0.25) is 0 Å². The van der Waals surface area contributed by atoms with E-state index in [4.69, 9.17) is 0 Å². The minimum absolute atomic E-state index is 0. The van der Waals surface area contributed by atoms with E-state index < -0.39 is 0 Å². The second-order valence-corrected chi connectivity index (χ2v) is 1.53. The summed E-state index contributed by atoms with van der Waals surface area (Å²) >= 11 is 0. The average molecular weight is 254 g/mol. The van der Waals surface area contributed by atoms with Crippen LogP contribution in [0.25, 0.3) is 0 Å². The number of hydrogen-bond acceptors (Lipinski definition) is 1. The molecular weight excluding hydrogens is 242 g/mol. The molecule has 1 rings (SSSR count). The summed E-state index contributed by atoms with van der Waals surface area (Å²) in [6, 6.07) is 0. The minimum Gasteiger partial charge on any atom is -0.348 e. The van der Waals surface area contributed by atoms with Gasteiger partial charge < -0.3 is 4.98 Å². The van der Waals surface area contributed by atoms with Crippen molar-refractivity contribution in [2.24, 2.45) is 0 Å². The second-order valence-electron chi connectivity index (χ2n) is 1.53. The average Bonchev–Trinajstić information content (AvgIpc) is 2.19. The molecule has 0 saturated carbocycles. The SMILES string of the molecule is C=CCc1ncc[nH]1.Cl.Cl.Cl.Cl. The molecule has 1 N–H and O–H groups in total. The van der Waals surface area contributed by atoms with Crippen LogP contribution in [0.1, 0.15) is 5.82 Å². The van der Waals surface area contributed by atoms with E-state index in [1.54, 1.807) is 12.4 Å². The van der Waals surface area contributed by atoms with Crippen molar-refractivity contribution in [3.8, 4) is 0 Å². The van der Waals surface area contributed by atoms with Crippen molar-refractivity contribution in [3.05, 3.63) is 30.9 Å². The van der Waals surface area contributed by atoms with Crippen LogP contribution in [0.3, 0.4) is 0 Å². The van der Waals surface area contributed by atoms with E-state index in [1.807, 2.05) is 6.08 Å². The molecule has 1 heterocycles. The van der Waals surface area contributed by atoms with E-state index in [9.17, 15) is 0 Å². The number of hydrogen-bond donors (Lipinski definition) is 1. The van der Waals surface area contributed by atoms with Gasteiger partial charge in [-0.2, -0.15) is 0 Å². The first-order chi connectivity index (χ1) is 3.93. The Morgan fingerprint density at radius 2 is 1.92 bits per heavy atom. The Balaban J connectivity index is -0.0000000800. The molecule has 0 aliphatic heterocycles. The maximum atomic E-state index is 3.98. The highest BCUT2D eigenvalue weighted by molar-refractivity contribution is 5.86. The zero-order valence-corrected chi connectivity index (χ0v) is 9.49. The van der Waals surface area contributed by atoms with Crippen LogP contribution < -0.4 is 0 Å². The van der Waals surface area contributed by atoms with Crippen LogP contribution >= 0.6 is 49.6 Å². The third-order valence-corrected chi connectivity index (χ3v) is 0.893. The van der Waals surface area contributed by atoms with Crippen molar-refractivity contribution in [2.75, 3.05) is 0 Å². The topological polar surface area (TPSA) is 28.7 Å². The number of aromatic nitrogens is 2. The first kappa shape index (κ1) is 22.7. The number of nitrogens with zero attached hydrogens (tertiary/aromatic N) is 1. The summed E-state index contributed by atoms with van der Waals surface area (Å²) in [6.45, 7) is 3.58. The summed E-state index contributed by atoms with van der Waals surface area (Å²) in [7, 11) is 0. The van der Waals surface area contributed by atoms with Crippen LogP contribution in [0.2, 0.25) is 0 Å². The fourth-order valence-corrected chi connectivity index (χ4v) is 0.546. The highest BCUT2D eigenvalue weighted by Gasteiger charge is 1.85. The Morgan fingerprint density at radius 3 is 2.25 bits per heavy atom. The zero-order chi connectivity index (χ0) is 5.82. The number of rotatable bonds is 2. The van der Waals surface area contributed by atoms with Gasteiger partial charge in [0.2, 0.25) is 0 Å². The van der Waals surface area contributed by atoms with Gasteiger partial charge in [-0.05, 0) is 0 Å². The molecule has 6 heteroatoms. The van der Waals surface area contributed by atoms with Gasteiger partial charge in [-0.1, -0.05) is 6.08 Å². The third kappa shape index (κ3) is 8.21. The molecule has 74 valence electrons. The molecule has 0 aliphatic rings. The molecule has 0 amide bonds. The lowest BCUT2D eigenvalue weighted by atomic mass is 10.4. The molecule has 0 bridgehead atoms. The molecule has 0 saturated heterocycles. The normalized spacial score (nSPS) is 6.00. The van der Waals surface area contributed by atoms with E-state index in [0.29, 0.717) is 0 Å². The number of imidazole rings is 1. The lowest BCUT2D eigenvalue weighted by molar-refractivity contribution is 1.06. The van der Waals surface area contributed by atoms with Gasteiger partial charge in [-0.15, -0.1) is 56.2 Å². The minimum atomic E-state index is 0. The van der Waals surface area contributed by atoms with Crippen molar-refractivity contribution in [1.82, 2.24) is 9.97 Å². The Labute approximate surface area is 96.9 Å². The van der Waals surface area contributed by atoms with E-state index in [0.717, 1.165) is 12.2 Å². The second kappa shape index (κ2) is 13.7. The molecule has 0 aliphatic carbocycles. The Hall–Kier alpha value is 0.110. The Kier molecular flexibility index (Phi) is 25.9. The van der Waals surface area contributed by atoms with Crippen LogP contribution in [-0.2, 0) is 6.42 Å². The molecule has 0 fully saturated rings. The number of aromatic amines is 1. The van der Waals surface area contributed by atoms with Crippen molar-refractivity contribution in [3.63, 3.8) is 0 Å². The van der Waals surface area contributed by atoms with Gasteiger partial charge in [0.1, 0.15) is 5.82 Å². The Bertz CT molecular complexity index is 164. The van der Waals surface area contributed by atoms with Gasteiger partial charge in [0, 0.05) is 18.8 Å². The molecule has 1 aromatic heterocycles. The van der Waals surface area contributed by atoms with Crippen molar-refractivity contribution in [2.45, 2.75) is 6.42 Å². The summed E-state index contributed by atoms with van der Waals surface area (Å²) in [5.41, 5.74) is 0. The zero-order valence-electron chi connectivity index (χ0n) is 6.23. The molecule has 0 atom stereocenters. The molecule has 0 spiro atoms. The highest BCUT2D eigenvalue weighted by atomic mass is 35.5. The first-order valence-corrected chi connectivity index (χ1v) is 2.52. The quantitative estimate of drug-likeness (QED) is 0.807. The van der Waals surface area contributed by atoms with Gasteiger partial charge >= 0.3 is 0 Å². The Morgan fingerprint density at radius 1 is 1.33 bits per heavy atom. The first-order valence-electron chi connectivity index (χ1n) is 2.52. The number of halogens is 4. The lowest BCUT2D eigenvalue weighted by Crippen LogP contribution is -1.80. The van der Waals surface area contributed by atoms with Crippen molar-refractivity contribution < 1.29 is 0 Å². The molecular formula is C6H12Cl4N2. The third-order valence-electron chi connectivity index (χ3n) is 0.893. The summed E-state index contributed by atoms with van der Waals surface area (Å²) < 4.78 is 0. The maximum absolute atomic E-state index is 3.98. The van der Waals surface area contributed by atoms with Crippen molar-refractivity contribution >= 4 is 49.6 Å². The van der Waals surface area contributed by atoms with E-state index in [-0.39, 0.29) is 49.6 Å². The molecule has 1 aromatic rings. The monoisotopic (exact) mass is 252 g/mol. The predicted molar refractivity (Wildman–Crippen MR) is 61.5 cm³/mol. The van der Waals surface area contributed by atoms with Crippen molar-refractivity contribution in [1.29, 1.82) is 0 Å².